The molecule has 1 aromatic heterocycles. The second-order valence-electron chi connectivity index (χ2n) is 6.57. The Morgan fingerprint density at radius 1 is 1.33 bits per heavy atom. The number of fused-ring (bicyclic) bond motifs is 1. The minimum atomic E-state index is -1.02. The molecule has 6 nitrogen and oxygen atoms in total. The molecule has 0 aliphatic carbocycles. The van der Waals surface area contributed by atoms with E-state index in [1.54, 1.807) is 13.2 Å². The lowest BCUT2D eigenvalue weighted by Crippen LogP contribution is -2.40. The van der Waals surface area contributed by atoms with Crippen molar-refractivity contribution in [2.45, 2.75) is 53.0 Å². The molecule has 1 heterocycles. The maximum Gasteiger partial charge on any atom is 0.326 e. The number of hydrogen-bond acceptors (Lipinski definition) is 4. The Kier molecular flexibility index (Phi) is 7.05. The van der Waals surface area contributed by atoms with Crippen molar-refractivity contribution < 1.29 is 23.8 Å². The Morgan fingerprint density at radius 3 is 2.70 bits per heavy atom. The number of hydrogen-bond donors (Lipinski definition) is 2. The van der Waals surface area contributed by atoms with Gasteiger partial charge in [-0.2, -0.15) is 0 Å². The molecule has 0 spiro atoms. The lowest BCUT2D eigenvalue weighted by molar-refractivity contribution is -0.141. The fourth-order valence-corrected chi connectivity index (χ4v) is 2.92. The van der Waals surface area contributed by atoms with Crippen LogP contribution in [0.5, 0.6) is 5.75 Å². The number of carboxylic acid groups (broad SMARTS) is 1. The molecule has 0 radical (unpaired) electrons. The SMILES string of the molecule is CCCCC(NC(=O)/C=C(\C)c1cc2c(C)coc2cc1OCC)C(=O)O. The lowest BCUT2D eigenvalue weighted by atomic mass is 10.0. The number of carbonyl (C=O) groups excluding carboxylic acids is 1. The van der Waals surface area contributed by atoms with Crippen LogP contribution in [0.2, 0.25) is 0 Å². The van der Waals surface area contributed by atoms with Gasteiger partial charge in [0, 0.05) is 23.1 Å². The molecule has 146 valence electrons. The number of furan rings is 1. The van der Waals surface area contributed by atoms with Crippen molar-refractivity contribution in [2.75, 3.05) is 6.61 Å². The molecule has 2 rings (SSSR count). The zero-order valence-corrected chi connectivity index (χ0v) is 16.3. The molecule has 0 fully saturated rings. The molecule has 1 aromatic carbocycles. The quantitative estimate of drug-likeness (QED) is 0.640. The summed E-state index contributed by atoms with van der Waals surface area (Å²) >= 11 is 0. The molecule has 1 amide bonds. The second kappa shape index (κ2) is 9.26. The van der Waals surface area contributed by atoms with E-state index in [-0.39, 0.29) is 0 Å². The van der Waals surface area contributed by atoms with Crippen LogP contribution in [-0.4, -0.2) is 29.6 Å². The van der Waals surface area contributed by atoms with Crippen LogP contribution in [0.25, 0.3) is 16.5 Å². The summed E-state index contributed by atoms with van der Waals surface area (Å²) < 4.78 is 11.2. The number of rotatable bonds is 9. The van der Waals surface area contributed by atoms with Gasteiger partial charge in [0.2, 0.25) is 5.91 Å². The van der Waals surface area contributed by atoms with Gasteiger partial charge in [-0.3, -0.25) is 4.79 Å². The first-order valence-electron chi connectivity index (χ1n) is 9.24. The van der Waals surface area contributed by atoms with Crippen LogP contribution < -0.4 is 10.1 Å². The van der Waals surface area contributed by atoms with E-state index in [1.807, 2.05) is 32.9 Å². The summed E-state index contributed by atoms with van der Waals surface area (Å²) in [5.74, 6) is -0.822. The van der Waals surface area contributed by atoms with E-state index in [1.165, 1.54) is 6.08 Å². The van der Waals surface area contributed by atoms with Crippen LogP contribution in [-0.2, 0) is 9.59 Å². The standard InChI is InChI=1S/C21H27NO5/c1-5-7-8-17(21(24)25)22-20(23)9-13(3)15-10-16-14(4)12-27-19(16)11-18(15)26-6-2/h9-12,17H,5-8H2,1-4H3,(H,22,23)(H,24,25)/b13-9+. The highest BCUT2D eigenvalue weighted by molar-refractivity contribution is 5.98. The van der Waals surface area contributed by atoms with Crippen molar-refractivity contribution in [2.24, 2.45) is 0 Å². The maximum absolute atomic E-state index is 12.3. The molecule has 0 bridgehead atoms. The highest BCUT2D eigenvalue weighted by atomic mass is 16.5. The Morgan fingerprint density at radius 2 is 2.07 bits per heavy atom. The fraction of sp³-hybridized carbons (Fsp3) is 0.429. The first kappa shape index (κ1) is 20.6. The van der Waals surface area contributed by atoms with E-state index in [9.17, 15) is 14.7 Å². The normalized spacial score (nSPS) is 12.8. The number of benzene rings is 1. The van der Waals surface area contributed by atoms with Crippen molar-refractivity contribution in [3.63, 3.8) is 0 Å². The largest absolute Gasteiger partial charge is 0.493 e. The van der Waals surface area contributed by atoms with Gasteiger partial charge in [-0.15, -0.1) is 0 Å². The molecule has 27 heavy (non-hydrogen) atoms. The van der Waals surface area contributed by atoms with Gasteiger partial charge in [0.15, 0.2) is 0 Å². The highest BCUT2D eigenvalue weighted by Gasteiger charge is 2.19. The molecule has 6 heteroatoms. The number of ether oxygens (including phenoxy) is 1. The third-order valence-corrected chi connectivity index (χ3v) is 4.40. The van der Waals surface area contributed by atoms with Gasteiger partial charge in [-0.1, -0.05) is 19.8 Å². The molecular formula is C21H27NO5. The summed E-state index contributed by atoms with van der Waals surface area (Å²) in [5.41, 5.74) is 3.20. The number of carbonyl (C=O) groups is 2. The van der Waals surface area contributed by atoms with Crippen LogP contribution in [0.4, 0.5) is 0 Å². The topological polar surface area (TPSA) is 88.8 Å². The van der Waals surface area contributed by atoms with Crippen LogP contribution in [0.1, 0.15) is 51.2 Å². The minimum Gasteiger partial charge on any atom is -0.493 e. The lowest BCUT2D eigenvalue weighted by Gasteiger charge is -2.14. The molecule has 0 saturated heterocycles. The summed E-state index contributed by atoms with van der Waals surface area (Å²) in [4.78, 5) is 23.7. The average Bonchev–Trinajstić information content (AvgIpc) is 2.98. The van der Waals surface area contributed by atoms with E-state index in [0.717, 1.165) is 34.9 Å². The van der Waals surface area contributed by atoms with Gasteiger partial charge in [0.25, 0.3) is 0 Å². The fourth-order valence-electron chi connectivity index (χ4n) is 2.92. The number of carboxylic acids is 1. The van der Waals surface area contributed by atoms with Crippen molar-refractivity contribution >= 4 is 28.4 Å². The Hall–Kier alpha value is -2.76. The first-order chi connectivity index (χ1) is 12.9. The van der Waals surface area contributed by atoms with Gasteiger partial charge < -0.3 is 19.6 Å². The number of nitrogens with one attached hydrogen (secondary N) is 1. The van der Waals surface area contributed by atoms with E-state index in [0.29, 0.717) is 24.4 Å². The van der Waals surface area contributed by atoms with Gasteiger partial charge in [0.1, 0.15) is 17.4 Å². The predicted octanol–water partition coefficient (Wildman–Crippen LogP) is 4.30. The van der Waals surface area contributed by atoms with E-state index < -0.39 is 17.9 Å². The number of allylic oxidation sites excluding steroid dienone is 1. The average molecular weight is 373 g/mol. The third kappa shape index (κ3) is 5.12. The first-order valence-corrected chi connectivity index (χ1v) is 9.24. The highest BCUT2D eigenvalue weighted by Crippen LogP contribution is 2.33. The molecule has 0 saturated carbocycles. The molecular weight excluding hydrogens is 346 g/mol. The molecule has 1 unspecified atom stereocenters. The maximum atomic E-state index is 12.3. The van der Waals surface area contributed by atoms with Crippen molar-refractivity contribution in [3.8, 4) is 5.75 Å². The van der Waals surface area contributed by atoms with Gasteiger partial charge >= 0.3 is 5.97 Å². The Bertz CT molecular complexity index is 850. The van der Waals surface area contributed by atoms with E-state index in [4.69, 9.17) is 9.15 Å². The smallest absolute Gasteiger partial charge is 0.326 e. The van der Waals surface area contributed by atoms with E-state index >= 15 is 0 Å². The molecule has 0 aliphatic rings. The number of unbranched alkanes of at least 4 members (excludes halogenated alkanes) is 1. The molecule has 1 atom stereocenters. The summed E-state index contributed by atoms with van der Waals surface area (Å²) in [6.45, 7) is 8.11. The summed E-state index contributed by atoms with van der Waals surface area (Å²) in [7, 11) is 0. The zero-order valence-electron chi connectivity index (χ0n) is 16.3. The second-order valence-corrected chi connectivity index (χ2v) is 6.57. The summed E-state index contributed by atoms with van der Waals surface area (Å²) in [6.07, 6.45) is 5.12. The summed E-state index contributed by atoms with van der Waals surface area (Å²) in [6, 6.07) is 2.87. The zero-order chi connectivity index (χ0) is 20.0. The number of amides is 1. The van der Waals surface area contributed by atoms with Crippen LogP contribution in [0.15, 0.2) is 28.9 Å². The van der Waals surface area contributed by atoms with Gasteiger partial charge in [0.05, 0.1) is 12.9 Å². The van der Waals surface area contributed by atoms with Crippen LogP contribution >= 0.6 is 0 Å². The summed E-state index contributed by atoms with van der Waals surface area (Å²) in [5, 5.41) is 12.8. The number of aryl methyl sites for hydroxylation is 1. The Labute approximate surface area is 159 Å². The van der Waals surface area contributed by atoms with Gasteiger partial charge in [-0.05, 0) is 44.4 Å². The molecule has 2 aromatic rings. The molecule has 0 aliphatic heterocycles. The minimum absolute atomic E-state index is 0.412. The predicted molar refractivity (Wildman–Crippen MR) is 105 cm³/mol. The molecule has 2 N–H and O–H groups in total. The van der Waals surface area contributed by atoms with Crippen molar-refractivity contribution in [3.05, 3.63) is 35.6 Å². The van der Waals surface area contributed by atoms with Crippen LogP contribution in [0.3, 0.4) is 0 Å². The van der Waals surface area contributed by atoms with Crippen LogP contribution in [0, 0.1) is 6.92 Å². The van der Waals surface area contributed by atoms with Crippen molar-refractivity contribution in [1.82, 2.24) is 5.32 Å². The Balaban J connectivity index is 2.29. The van der Waals surface area contributed by atoms with E-state index in [2.05, 4.69) is 5.32 Å². The van der Waals surface area contributed by atoms with Gasteiger partial charge in [-0.25, -0.2) is 4.79 Å². The third-order valence-electron chi connectivity index (χ3n) is 4.40. The van der Waals surface area contributed by atoms with Crippen molar-refractivity contribution in [1.29, 1.82) is 0 Å². The number of aliphatic carboxylic acids is 1. The monoisotopic (exact) mass is 373 g/mol.